The highest BCUT2D eigenvalue weighted by atomic mass is 127. The third kappa shape index (κ3) is 2.80. The maximum absolute atomic E-state index is 12.5. The number of nitrogen functional groups attached to an aromatic ring is 1. The standard InChI is InChI=1S/C16H14IN3OS/c1-8-7-9(2)19-16-12(8)13(18)14(22-16)15(21)20-11-5-3-10(17)4-6-11/h3-7H,18H2,1-2H3,(H,20,21). The number of benzene rings is 1. The summed E-state index contributed by atoms with van der Waals surface area (Å²) >= 11 is 3.56. The van der Waals surface area contributed by atoms with E-state index in [0.717, 1.165) is 30.7 Å². The van der Waals surface area contributed by atoms with Crippen LogP contribution in [-0.4, -0.2) is 10.9 Å². The zero-order valence-corrected chi connectivity index (χ0v) is 15.1. The van der Waals surface area contributed by atoms with Gasteiger partial charge in [0.25, 0.3) is 5.91 Å². The normalized spacial score (nSPS) is 10.9. The number of rotatable bonds is 2. The number of aryl methyl sites for hydroxylation is 2. The van der Waals surface area contributed by atoms with Gasteiger partial charge in [-0.1, -0.05) is 0 Å². The van der Waals surface area contributed by atoms with Crippen LogP contribution >= 0.6 is 33.9 Å². The Kier molecular flexibility index (Phi) is 4.05. The van der Waals surface area contributed by atoms with Crippen molar-refractivity contribution in [1.29, 1.82) is 0 Å². The Bertz CT molecular complexity index is 871. The van der Waals surface area contributed by atoms with Crippen LogP contribution < -0.4 is 11.1 Å². The Labute approximate surface area is 145 Å². The first-order chi connectivity index (χ1) is 10.5. The summed E-state index contributed by atoms with van der Waals surface area (Å²) in [5.41, 5.74) is 9.41. The van der Waals surface area contributed by atoms with Gasteiger partial charge in [0, 0.05) is 20.3 Å². The predicted molar refractivity (Wildman–Crippen MR) is 101 cm³/mol. The number of anilines is 2. The summed E-state index contributed by atoms with van der Waals surface area (Å²) in [7, 11) is 0. The number of hydrogen-bond acceptors (Lipinski definition) is 4. The molecular weight excluding hydrogens is 409 g/mol. The van der Waals surface area contributed by atoms with Gasteiger partial charge in [0.1, 0.15) is 9.71 Å². The van der Waals surface area contributed by atoms with Gasteiger partial charge in [0.05, 0.1) is 5.69 Å². The average Bonchev–Trinajstić information content (AvgIpc) is 2.78. The number of carbonyl (C=O) groups is 1. The summed E-state index contributed by atoms with van der Waals surface area (Å²) in [5, 5.41) is 3.76. The molecule has 0 saturated carbocycles. The highest BCUT2D eigenvalue weighted by molar-refractivity contribution is 14.1. The van der Waals surface area contributed by atoms with E-state index in [-0.39, 0.29) is 5.91 Å². The molecular formula is C16H14IN3OS. The molecule has 0 aliphatic carbocycles. The second-order valence-corrected chi connectivity index (χ2v) is 7.31. The molecule has 2 aromatic heterocycles. The summed E-state index contributed by atoms with van der Waals surface area (Å²) in [4.78, 5) is 18.3. The number of fused-ring (bicyclic) bond motifs is 1. The number of aromatic nitrogens is 1. The van der Waals surface area contributed by atoms with Crippen LogP contribution in [0.2, 0.25) is 0 Å². The van der Waals surface area contributed by atoms with Crippen molar-refractivity contribution in [3.8, 4) is 0 Å². The van der Waals surface area contributed by atoms with E-state index < -0.39 is 0 Å². The van der Waals surface area contributed by atoms with Crippen LogP contribution in [0, 0.1) is 17.4 Å². The van der Waals surface area contributed by atoms with Gasteiger partial charge in [-0.2, -0.15) is 0 Å². The minimum Gasteiger partial charge on any atom is -0.397 e. The smallest absolute Gasteiger partial charge is 0.267 e. The monoisotopic (exact) mass is 423 g/mol. The molecule has 6 heteroatoms. The molecule has 1 amide bonds. The second-order valence-electron chi connectivity index (χ2n) is 5.07. The minimum absolute atomic E-state index is 0.196. The maximum atomic E-state index is 12.5. The fourth-order valence-electron chi connectivity index (χ4n) is 2.36. The lowest BCUT2D eigenvalue weighted by molar-refractivity contribution is 0.103. The molecule has 0 spiro atoms. The van der Waals surface area contributed by atoms with Gasteiger partial charge in [-0.3, -0.25) is 4.79 Å². The Morgan fingerprint density at radius 2 is 1.95 bits per heavy atom. The Morgan fingerprint density at radius 3 is 2.64 bits per heavy atom. The topological polar surface area (TPSA) is 68.0 Å². The van der Waals surface area contributed by atoms with Gasteiger partial charge in [0.2, 0.25) is 0 Å². The quantitative estimate of drug-likeness (QED) is 0.603. The molecule has 1 aromatic carbocycles. The molecule has 0 bridgehead atoms. The van der Waals surface area contributed by atoms with Gasteiger partial charge in [-0.05, 0) is 72.3 Å². The van der Waals surface area contributed by atoms with E-state index in [1.807, 2.05) is 44.2 Å². The largest absolute Gasteiger partial charge is 0.397 e. The zero-order valence-electron chi connectivity index (χ0n) is 12.1. The lowest BCUT2D eigenvalue weighted by atomic mass is 10.1. The molecule has 112 valence electrons. The van der Waals surface area contributed by atoms with Crippen LogP contribution in [0.4, 0.5) is 11.4 Å². The van der Waals surface area contributed by atoms with Crippen LogP contribution in [0.1, 0.15) is 20.9 Å². The van der Waals surface area contributed by atoms with E-state index in [1.54, 1.807) is 0 Å². The number of hydrogen-bond donors (Lipinski definition) is 2. The average molecular weight is 423 g/mol. The van der Waals surface area contributed by atoms with Gasteiger partial charge < -0.3 is 11.1 Å². The lowest BCUT2D eigenvalue weighted by Crippen LogP contribution is -2.11. The molecule has 4 nitrogen and oxygen atoms in total. The van der Waals surface area contributed by atoms with Crippen molar-refractivity contribution in [2.24, 2.45) is 0 Å². The molecule has 3 aromatic rings. The van der Waals surface area contributed by atoms with Crippen molar-refractivity contribution >= 4 is 61.4 Å². The molecule has 3 rings (SSSR count). The van der Waals surface area contributed by atoms with Crippen LogP contribution in [-0.2, 0) is 0 Å². The molecule has 0 saturated heterocycles. The van der Waals surface area contributed by atoms with Gasteiger partial charge >= 0.3 is 0 Å². The Hall–Kier alpha value is -1.67. The van der Waals surface area contributed by atoms with Crippen LogP contribution in [0.3, 0.4) is 0 Å². The summed E-state index contributed by atoms with van der Waals surface area (Å²) in [6.07, 6.45) is 0. The molecule has 0 radical (unpaired) electrons. The van der Waals surface area contributed by atoms with Crippen LogP contribution in [0.25, 0.3) is 10.2 Å². The Morgan fingerprint density at radius 1 is 1.27 bits per heavy atom. The number of nitrogens with two attached hydrogens (primary N) is 1. The number of amides is 1. The molecule has 0 aliphatic rings. The van der Waals surface area contributed by atoms with Crippen LogP contribution in [0.15, 0.2) is 30.3 Å². The van der Waals surface area contributed by atoms with E-state index in [0.29, 0.717) is 10.6 Å². The SMILES string of the molecule is Cc1cc(C)c2c(N)c(C(=O)Nc3ccc(I)cc3)sc2n1. The van der Waals surface area contributed by atoms with E-state index in [1.165, 1.54) is 11.3 Å². The Balaban J connectivity index is 1.99. The van der Waals surface area contributed by atoms with E-state index in [4.69, 9.17) is 5.73 Å². The molecule has 0 fully saturated rings. The number of nitrogens with one attached hydrogen (secondary N) is 1. The van der Waals surface area contributed by atoms with Crippen molar-refractivity contribution in [3.63, 3.8) is 0 Å². The molecule has 0 aliphatic heterocycles. The fourth-order valence-corrected chi connectivity index (χ4v) is 3.83. The van der Waals surface area contributed by atoms with Crippen molar-refractivity contribution in [1.82, 2.24) is 4.98 Å². The number of thiophene rings is 1. The molecule has 0 atom stereocenters. The highest BCUT2D eigenvalue weighted by Gasteiger charge is 2.19. The summed E-state index contributed by atoms with van der Waals surface area (Å²) < 4.78 is 1.12. The van der Waals surface area contributed by atoms with E-state index in [2.05, 4.69) is 32.9 Å². The molecule has 3 N–H and O–H groups in total. The summed E-state index contributed by atoms with van der Waals surface area (Å²) in [6.45, 7) is 3.93. The second kappa shape index (κ2) is 5.85. The van der Waals surface area contributed by atoms with Crippen molar-refractivity contribution in [3.05, 3.63) is 50.0 Å². The summed E-state index contributed by atoms with van der Waals surface area (Å²) in [6, 6.07) is 9.61. The number of pyridine rings is 1. The van der Waals surface area contributed by atoms with Crippen molar-refractivity contribution in [2.45, 2.75) is 13.8 Å². The van der Waals surface area contributed by atoms with Gasteiger partial charge in [-0.15, -0.1) is 11.3 Å². The third-order valence-electron chi connectivity index (χ3n) is 3.33. The number of nitrogens with zero attached hydrogens (tertiary/aromatic N) is 1. The van der Waals surface area contributed by atoms with Crippen molar-refractivity contribution in [2.75, 3.05) is 11.1 Å². The predicted octanol–water partition coefficient (Wildman–Crippen LogP) is 4.35. The van der Waals surface area contributed by atoms with Gasteiger partial charge in [-0.25, -0.2) is 4.98 Å². The lowest BCUT2D eigenvalue weighted by Gasteiger charge is -2.04. The van der Waals surface area contributed by atoms with Gasteiger partial charge in [0.15, 0.2) is 0 Å². The first-order valence-corrected chi connectivity index (χ1v) is 8.58. The first kappa shape index (κ1) is 15.2. The highest BCUT2D eigenvalue weighted by Crippen LogP contribution is 2.35. The molecule has 2 heterocycles. The minimum atomic E-state index is -0.196. The molecule has 0 unspecified atom stereocenters. The maximum Gasteiger partial charge on any atom is 0.267 e. The molecule has 22 heavy (non-hydrogen) atoms. The van der Waals surface area contributed by atoms with E-state index >= 15 is 0 Å². The van der Waals surface area contributed by atoms with Crippen molar-refractivity contribution < 1.29 is 4.79 Å². The number of halogens is 1. The fraction of sp³-hybridized carbons (Fsp3) is 0.125. The zero-order chi connectivity index (χ0) is 15.9. The van der Waals surface area contributed by atoms with Crippen LogP contribution in [0.5, 0.6) is 0 Å². The number of carbonyl (C=O) groups excluding carboxylic acids is 1. The first-order valence-electron chi connectivity index (χ1n) is 6.69. The third-order valence-corrected chi connectivity index (χ3v) is 5.15. The summed E-state index contributed by atoms with van der Waals surface area (Å²) in [5.74, 6) is -0.196. The van der Waals surface area contributed by atoms with E-state index in [9.17, 15) is 4.79 Å².